The first-order valence-corrected chi connectivity index (χ1v) is 8.47. The van der Waals surface area contributed by atoms with Crippen molar-refractivity contribution in [3.8, 4) is 5.75 Å². The number of carboxylic acids is 1. The summed E-state index contributed by atoms with van der Waals surface area (Å²) < 4.78 is 5.54. The number of hydrogen-bond donors (Lipinski definition) is 1. The van der Waals surface area contributed by atoms with Gasteiger partial charge in [0.25, 0.3) is 0 Å². The standard InChI is InChI=1S/C21H26O3/c1-5-24-20-11-10-18(12-15(20)4)19(21(22)23)13-16-6-8-17(9-7-16)14(2)3/h6-12,14,19H,5,13H2,1-4H3,(H,22,23). The predicted molar refractivity (Wildman–Crippen MR) is 97.0 cm³/mol. The van der Waals surface area contributed by atoms with Gasteiger partial charge in [0.2, 0.25) is 0 Å². The lowest BCUT2D eigenvalue weighted by Gasteiger charge is -2.16. The SMILES string of the molecule is CCOc1ccc(C(Cc2ccc(C(C)C)cc2)C(=O)O)cc1C. The fraction of sp³-hybridized carbons (Fsp3) is 0.381. The molecule has 0 aliphatic rings. The van der Waals surface area contributed by atoms with Crippen molar-refractivity contribution in [2.45, 2.75) is 46.0 Å². The fourth-order valence-electron chi connectivity index (χ4n) is 2.83. The van der Waals surface area contributed by atoms with Gasteiger partial charge in [-0.15, -0.1) is 0 Å². The summed E-state index contributed by atoms with van der Waals surface area (Å²) in [5, 5.41) is 9.66. The number of hydrogen-bond acceptors (Lipinski definition) is 2. The van der Waals surface area contributed by atoms with Gasteiger partial charge in [0.05, 0.1) is 12.5 Å². The van der Waals surface area contributed by atoms with Crippen molar-refractivity contribution in [2.75, 3.05) is 6.61 Å². The summed E-state index contributed by atoms with van der Waals surface area (Å²) in [7, 11) is 0. The first-order chi connectivity index (χ1) is 11.4. The van der Waals surface area contributed by atoms with Crippen molar-refractivity contribution in [1.82, 2.24) is 0 Å². The highest BCUT2D eigenvalue weighted by molar-refractivity contribution is 5.76. The Balaban J connectivity index is 2.23. The molecule has 1 N–H and O–H groups in total. The van der Waals surface area contributed by atoms with E-state index in [9.17, 15) is 9.90 Å². The lowest BCUT2D eigenvalue weighted by Crippen LogP contribution is -2.15. The van der Waals surface area contributed by atoms with Crippen molar-refractivity contribution < 1.29 is 14.6 Å². The zero-order valence-electron chi connectivity index (χ0n) is 14.9. The Hall–Kier alpha value is -2.29. The number of carbonyl (C=O) groups is 1. The van der Waals surface area contributed by atoms with E-state index in [4.69, 9.17) is 4.74 Å². The maximum atomic E-state index is 11.8. The van der Waals surface area contributed by atoms with Crippen LogP contribution in [0.2, 0.25) is 0 Å². The van der Waals surface area contributed by atoms with E-state index in [0.717, 1.165) is 22.4 Å². The molecule has 3 heteroatoms. The smallest absolute Gasteiger partial charge is 0.311 e. The van der Waals surface area contributed by atoms with Crippen LogP contribution in [0.3, 0.4) is 0 Å². The van der Waals surface area contributed by atoms with Crippen LogP contribution in [0.5, 0.6) is 5.75 Å². The molecule has 128 valence electrons. The largest absolute Gasteiger partial charge is 0.494 e. The number of benzene rings is 2. The summed E-state index contributed by atoms with van der Waals surface area (Å²) in [5.74, 6) is -0.0643. The molecule has 2 aromatic rings. The van der Waals surface area contributed by atoms with Crippen LogP contribution >= 0.6 is 0 Å². The van der Waals surface area contributed by atoms with E-state index in [1.807, 2.05) is 44.2 Å². The molecular formula is C21H26O3. The average Bonchev–Trinajstić information content (AvgIpc) is 2.55. The van der Waals surface area contributed by atoms with Crippen molar-refractivity contribution >= 4 is 5.97 Å². The van der Waals surface area contributed by atoms with Gasteiger partial charge in [0, 0.05) is 0 Å². The number of carboxylic acid groups (broad SMARTS) is 1. The van der Waals surface area contributed by atoms with E-state index in [1.165, 1.54) is 5.56 Å². The minimum Gasteiger partial charge on any atom is -0.494 e. The molecule has 24 heavy (non-hydrogen) atoms. The lowest BCUT2D eigenvalue weighted by atomic mass is 9.90. The predicted octanol–water partition coefficient (Wildman–Crippen LogP) is 4.93. The highest BCUT2D eigenvalue weighted by Crippen LogP contribution is 2.27. The van der Waals surface area contributed by atoms with Crippen molar-refractivity contribution in [1.29, 1.82) is 0 Å². The van der Waals surface area contributed by atoms with Gasteiger partial charge in [-0.2, -0.15) is 0 Å². The van der Waals surface area contributed by atoms with Crippen LogP contribution < -0.4 is 4.74 Å². The second-order valence-electron chi connectivity index (χ2n) is 6.45. The molecule has 0 heterocycles. The Morgan fingerprint density at radius 3 is 2.21 bits per heavy atom. The van der Waals surface area contributed by atoms with Gasteiger partial charge in [0.1, 0.15) is 5.75 Å². The highest BCUT2D eigenvalue weighted by Gasteiger charge is 2.21. The third-order valence-corrected chi connectivity index (χ3v) is 4.29. The summed E-state index contributed by atoms with van der Waals surface area (Å²) in [4.78, 5) is 11.8. The van der Waals surface area contributed by atoms with Crippen LogP contribution in [0.15, 0.2) is 42.5 Å². The molecule has 2 rings (SSSR count). The van der Waals surface area contributed by atoms with Crippen LogP contribution in [0.25, 0.3) is 0 Å². The molecule has 0 bridgehead atoms. The third-order valence-electron chi connectivity index (χ3n) is 4.29. The Labute approximate surface area is 144 Å². The van der Waals surface area contributed by atoms with Gasteiger partial charge >= 0.3 is 5.97 Å². The molecule has 0 aromatic heterocycles. The minimum atomic E-state index is -0.800. The van der Waals surface area contributed by atoms with E-state index in [2.05, 4.69) is 26.0 Å². The van der Waals surface area contributed by atoms with Crippen LogP contribution in [-0.2, 0) is 11.2 Å². The first-order valence-electron chi connectivity index (χ1n) is 8.47. The number of aryl methyl sites for hydroxylation is 1. The zero-order valence-corrected chi connectivity index (χ0v) is 14.9. The molecule has 2 aromatic carbocycles. The fourth-order valence-corrected chi connectivity index (χ4v) is 2.83. The van der Waals surface area contributed by atoms with Gasteiger partial charge in [-0.3, -0.25) is 4.79 Å². The Bertz CT molecular complexity index is 687. The van der Waals surface area contributed by atoms with Crippen molar-refractivity contribution in [2.24, 2.45) is 0 Å². The van der Waals surface area contributed by atoms with Crippen LogP contribution in [0, 0.1) is 6.92 Å². The Morgan fingerprint density at radius 1 is 1.08 bits per heavy atom. The van der Waals surface area contributed by atoms with E-state index >= 15 is 0 Å². The van der Waals surface area contributed by atoms with E-state index in [-0.39, 0.29) is 0 Å². The van der Waals surface area contributed by atoms with Crippen LogP contribution in [0.1, 0.15) is 54.9 Å². The lowest BCUT2D eigenvalue weighted by molar-refractivity contribution is -0.138. The Kier molecular flexibility index (Phi) is 6.02. The quantitative estimate of drug-likeness (QED) is 0.785. The van der Waals surface area contributed by atoms with Gasteiger partial charge in [0.15, 0.2) is 0 Å². The molecule has 1 atom stereocenters. The second kappa shape index (κ2) is 8.00. The summed E-state index contributed by atoms with van der Waals surface area (Å²) in [6.45, 7) is 8.79. The normalized spacial score (nSPS) is 12.2. The molecule has 0 radical (unpaired) electrons. The number of aliphatic carboxylic acids is 1. The van der Waals surface area contributed by atoms with Crippen LogP contribution in [-0.4, -0.2) is 17.7 Å². The molecule has 0 saturated carbocycles. The summed E-state index contributed by atoms with van der Waals surface area (Å²) >= 11 is 0. The molecule has 0 spiro atoms. The van der Waals surface area contributed by atoms with Gasteiger partial charge < -0.3 is 9.84 Å². The van der Waals surface area contributed by atoms with E-state index in [1.54, 1.807) is 0 Å². The monoisotopic (exact) mass is 326 g/mol. The number of ether oxygens (including phenoxy) is 1. The van der Waals surface area contributed by atoms with E-state index in [0.29, 0.717) is 18.9 Å². The van der Waals surface area contributed by atoms with Crippen LogP contribution in [0.4, 0.5) is 0 Å². The maximum Gasteiger partial charge on any atom is 0.311 e. The van der Waals surface area contributed by atoms with Gasteiger partial charge in [-0.05, 0) is 54.5 Å². The second-order valence-corrected chi connectivity index (χ2v) is 6.45. The zero-order chi connectivity index (χ0) is 17.7. The molecule has 0 aliphatic heterocycles. The minimum absolute atomic E-state index is 0.475. The third kappa shape index (κ3) is 4.38. The van der Waals surface area contributed by atoms with Gasteiger partial charge in [-0.1, -0.05) is 50.2 Å². The molecule has 1 unspecified atom stereocenters. The number of rotatable bonds is 7. The van der Waals surface area contributed by atoms with Crippen molar-refractivity contribution in [3.05, 3.63) is 64.7 Å². The molecule has 0 fully saturated rings. The molecule has 3 nitrogen and oxygen atoms in total. The van der Waals surface area contributed by atoms with Gasteiger partial charge in [-0.25, -0.2) is 0 Å². The molecule has 0 aliphatic carbocycles. The van der Waals surface area contributed by atoms with E-state index < -0.39 is 11.9 Å². The summed E-state index contributed by atoms with van der Waals surface area (Å²) in [5.41, 5.74) is 4.09. The maximum absolute atomic E-state index is 11.8. The molecule has 0 amide bonds. The first kappa shape index (κ1) is 18.1. The Morgan fingerprint density at radius 2 is 1.71 bits per heavy atom. The molecule has 0 saturated heterocycles. The summed E-state index contributed by atoms with van der Waals surface area (Å²) in [6.07, 6.45) is 0.487. The topological polar surface area (TPSA) is 46.5 Å². The van der Waals surface area contributed by atoms with Crippen molar-refractivity contribution in [3.63, 3.8) is 0 Å². The summed E-state index contributed by atoms with van der Waals surface area (Å²) in [6, 6.07) is 13.9. The highest BCUT2D eigenvalue weighted by atomic mass is 16.5. The average molecular weight is 326 g/mol. The molecular weight excluding hydrogens is 300 g/mol.